The van der Waals surface area contributed by atoms with Gasteiger partial charge in [0.25, 0.3) is 0 Å². The highest BCUT2D eigenvalue weighted by Crippen LogP contribution is 2.28. The second kappa shape index (κ2) is 2.89. The number of rotatable bonds is 0. The Balaban J connectivity index is 2.94. The number of pyridine rings is 1. The van der Waals surface area contributed by atoms with Gasteiger partial charge in [-0.3, -0.25) is 4.98 Å². The molecule has 0 spiro atoms. The predicted molar refractivity (Wildman–Crippen MR) is 53.2 cm³/mol. The SMILES string of the molecule is Cc1c(O)cnc2c(Cl)cccc12. The number of hydrogen-bond donors (Lipinski definition) is 1. The van der Waals surface area contributed by atoms with E-state index in [1.807, 2.05) is 19.1 Å². The maximum atomic E-state index is 9.40. The third-order valence-corrected chi connectivity index (χ3v) is 2.40. The lowest BCUT2D eigenvalue weighted by molar-refractivity contribution is 0.470. The zero-order valence-electron chi connectivity index (χ0n) is 7.08. The maximum Gasteiger partial charge on any atom is 0.137 e. The molecule has 1 N–H and O–H groups in total. The van der Waals surface area contributed by atoms with Crippen molar-refractivity contribution in [2.24, 2.45) is 0 Å². The van der Waals surface area contributed by atoms with Crippen molar-refractivity contribution in [2.75, 3.05) is 0 Å². The summed E-state index contributed by atoms with van der Waals surface area (Å²) in [5.41, 5.74) is 1.55. The van der Waals surface area contributed by atoms with E-state index < -0.39 is 0 Å². The molecule has 0 aliphatic carbocycles. The van der Waals surface area contributed by atoms with E-state index in [1.165, 1.54) is 6.20 Å². The van der Waals surface area contributed by atoms with Gasteiger partial charge in [0.05, 0.1) is 16.7 Å². The summed E-state index contributed by atoms with van der Waals surface area (Å²) in [6, 6.07) is 5.52. The molecule has 0 aliphatic rings. The van der Waals surface area contributed by atoms with Crippen LogP contribution in [0.3, 0.4) is 0 Å². The first kappa shape index (κ1) is 8.32. The van der Waals surface area contributed by atoms with E-state index in [4.69, 9.17) is 11.6 Å². The summed E-state index contributed by atoms with van der Waals surface area (Å²) in [5, 5.41) is 10.9. The van der Waals surface area contributed by atoms with Gasteiger partial charge >= 0.3 is 0 Å². The Morgan fingerprint density at radius 2 is 2.15 bits per heavy atom. The van der Waals surface area contributed by atoms with E-state index in [0.717, 1.165) is 16.5 Å². The first-order chi connectivity index (χ1) is 6.20. The topological polar surface area (TPSA) is 33.1 Å². The van der Waals surface area contributed by atoms with Gasteiger partial charge in [-0.1, -0.05) is 23.7 Å². The minimum absolute atomic E-state index is 0.203. The molecule has 66 valence electrons. The van der Waals surface area contributed by atoms with Gasteiger partial charge in [-0.05, 0) is 13.0 Å². The second-order valence-electron chi connectivity index (χ2n) is 2.90. The Bertz CT molecular complexity index is 468. The van der Waals surface area contributed by atoms with Crippen LogP contribution in [0.2, 0.25) is 5.02 Å². The number of aryl methyl sites for hydroxylation is 1. The molecule has 0 bridgehead atoms. The van der Waals surface area contributed by atoms with Crippen LogP contribution in [-0.4, -0.2) is 10.1 Å². The second-order valence-corrected chi connectivity index (χ2v) is 3.31. The number of benzene rings is 1. The molecule has 0 amide bonds. The number of nitrogens with zero attached hydrogens (tertiary/aromatic N) is 1. The molecule has 0 unspecified atom stereocenters. The van der Waals surface area contributed by atoms with Crippen LogP contribution in [0, 0.1) is 6.92 Å². The molecule has 1 heterocycles. The van der Waals surface area contributed by atoms with Crippen molar-refractivity contribution in [2.45, 2.75) is 6.92 Å². The van der Waals surface area contributed by atoms with Crippen molar-refractivity contribution < 1.29 is 5.11 Å². The van der Waals surface area contributed by atoms with Gasteiger partial charge in [0, 0.05) is 10.9 Å². The maximum absolute atomic E-state index is 9.40. The Morgan fingerprint density at radius 3 is 2.92 bits per heavy atom. The van der Waals surface area contributed by atoms with Gasteiger partial charge in [0.15, 0.2) is 0 Å². The van der Waals surface area contributed by atoms with Gasteiger partial charge in [-0.15, -0.1) is 0 Å². The van der Waals surface area contributed by atoms with Crippen molar-refractivity contribution in [3.05, 3.63) is 35.0 Å². The molecule has 0 atom stereocenters. The fourth-order valence-corrected chi connectivity index (χ4v) is 1.53. The fourth-order valence-electron chi connectivity index (χ4n) is 1.31. The standard InChI is InChI=1S/C10H8ClNO/c1-6-7-3-2-4-8(11)10(7)12-5-9(6)13/h2-5,13H,1H3. The van der Waals surface area contributed by atoms with Crippen molar-refractivity contribution in [1.82, 2.24) is 4.98 Å². The van der Waals surface area contributed by atoms with Crippen LogP contribution in [-0.2, 0) is 0 Å². The summed E-state index contributed by atoms with van der Waals surface area (Å²) in [7, 11) is 0. The molecule has 13 heavy (non-hydrogen) atoms. The van der Waals surface area contributed by atoms with Crippen LogP contribution < -0.4 is 0 Å². The van der Waals surface area contributed by atoms with E-state index in [2.05, 4.69) is 4.98 Å². The van der Waals surface area contributed by atoms with Crippen LogP contribution in [0.25, 0.3) is 10.9 Å². The molecule has 0 saturated heterocycles. The normalized spacial score (nSPS) is 10.6. The van der Waals surface area contributed by atoms with Crippen molar-refractivity contribution in [3.63, 3.8) is 0 Å². The van der Waals surface area contributed by atoms with Gasteiger partial charge in [0.2, 0.25) is 0 Å². The van der Waals surface area contributed by atoms with Crippen LogP contribution >= 0.6 is 11.6 Å². The molecular formula is C10H8ClNO. The number of aromatic hydroxyl groups is 1. The fraction of sp³-hybridized carbons (Fsp3) is 0.100. The highest BCUT2D eigenvalue weighted by Gasteiger charge is 2.05. The molecule has 2 rings (SSSR count). The lowest BCUT2D eigenvalue weighted by atomic mass is 10.1. The van der Waals surface area contributed by atoms with Crippen LogP contribution in [0.4, 0.5) is 0 Å². The van der Waals surface area contributed by atoms with Crippen LogP contribution in [0.15, 0.2) is 24.4 Å². The number of para-hydroxylation sites is 1. The predicted octanol–water partition coefficient (Wildman–Crippen LogP) is 2.90. The number of fused-ring (bicyclic) bond motifs is 1. The molecule has 2 aromatic rings. The van der Waals surface area contributed by atoms with Crippen molar-refractivity contribution >= 4 is 22.5 Å². The molecular weight excluding hydrogens is 186 g/mol. The van der Waals surface area contributed by atoms with E-state index in [9.17, 15) is 5.11 Å². The average Bonchev–Trinajstić information content (AvgIpc) is 2.12. The minimum Gasteiger partial charge on any atom is -0.506 e. The number of hydrogen-bond acceptors (Lipinski definition) is 2. The number of halogens is 1. The summed E-state index contributed by atoms with van der Waals surface area (Å²) >= 11 is 5.94. The molecule has 1 aromatic heterocycles. The minimum atomic E-state index is 0.203. The summed E-state index contributed by atoms with van der Waals surface area (Å²) in [6.45, 7) is 1.84. The third-order valence-electron chi connectivity index (χ3n) is 2.09. The smallest absolute Gasteiger partial charge is 0.137 e. The average molecular weight is 194 g/mol. The highest BCUT2D eigenvalue weighted by molar-refractivity contribution is 6.35. The molecule has 0 aliphatic heterocycles. The first-order valence-corrected chi connectivity index (χ1v) is 4.31. The molecule has 1 aromatic carbocycles. The molecule has 2 nitrogen and oxygen atoms in total. The zero-order chi connectivity index (χ0) is 9.42. The zero-order valence-corrected chi connectivity index (χ0v) is 7.84. The van der Waals surface area contributed by atoms with Gasteiger partial charge in [-0.2, -0.15) is 0 Å². The van der Waals surface area contributed by atoms with Crippen LogP contribution in [0.5, 0.6) is 5.75 Å². The molecule has 0 fully saturated rings. The third kappa shape index (κ3) is 1.23. The Morgan fingerprint density at radius 1 is 1.38 bits per heavy atom. The van der Waals surface area contributed by atoms with E-state index in [-0.39, 0.29) is 5.75 Å². The van der Waals surface area contributed by atoms with Gasteiger partial charge < -0.3 is 5.11 Å². The molecule has 0 radical (unpaired) electrons. The number of aromatic nitrogens is 1. The summed E-state index contributed by atoms with van der Waals surface area (Å²) < 4.78 is 0. The van der Waals surface area contributed by atoms with Crippen LogP contribution in [0.1, 0.15) is 5.56 Å². The summed E-state index contributed by atoms with van der Waals surface area (Å²) in [4.78, 5) is 4.06. The van der Waals surface area contributed by atoms with E-state index in [1.54, 1.807) is 6.07 Å². The first-order valence-electron chi connectivity index (χ1n) is 3.93. The highest BCUT2D eigenvalue weighted by atomic mass is 35.5. The van der Waals surface area contributed by atoms with Crippen molar-refractivity contribution in [1.29, 1.82) is 0 Å². The Labute approximate surface area is 80.8 Å². The summed E-state index contributed by atoms with van der Waals surface area (Å²) in [6.07, 6.45) is 1.42. The van der Waals surface area contributed by atoms with Crippen molar-refractivity contribution in [3.8, 4) is 5.75 Å². The largest absolute Gasteiger partial charge is 0.506 e. The molecule has 0 saturated carbocycles. The quantitative estimate of drug-likeness (QED) is 0.698. The Hall–Kier alpha value is -1.28. The molecule has 3 heteroatoms. The summed E-state index contributed by atoms with van der Waals surface area (Å²) in [5.74, 6) is 0.203. The van der Waals surface area contributed by atoms with E-state index in [0.29, 0.717) is 5.02 Å². The Kier molecular flexibility index (Phi) is 1.85. The van der Waals surface area contributed by atoms with Gasteiger partial charge in [0.1, 0.15) is 5.75 Å². The lowest BCUT2D eigenvalue weighted by Crippen LogP contribution is -1.84. The monoisotopic (exact) mass is 193 g/mol. The van der Waals surface area contributed by atoms with E-state index >= 15 is 0 Å². The lowest BCUT2D eigenvalue weighted by Gasteiger charge is -2.04. The van der Waals surface area contributed by atoms with Gasteiger partial charge in [-0.25, -0.2) is 0 Å².